The van der Waals surface area contributed by atoms with Crippen LogP contribution in [0.2, 0.25) is 0 Å². The Bertz CT molecular complexity index is 754. The minimum absolute atomic E-state index is 0.00499. The van der Waals surface area contributed by atoms with Crippen molar-refractivity contribution in [1.29, 1.82) is 0 Å². The van der Waals surface area contributed by atoms with Crippen molar-refractivity contribution in [2.45, 2.75) is 25.3 Å². The lowest BCUT2D eigenvalue weighted by molar-refractivity contribution is -0.118. The van der Waals surface area contributed by atoms with Gasteiger partial charge in [-0.3, -0.25) is 10.1 Å². The van der Waals surface area contributed by atoms with E-state index >= 15 is 0 Å². The zero-order valence-electron chi connectivity index (χ0n) is 13.3. The Morgan fingerprint density at radius 1 is 1.42 bits per heavy atom. The third-order valence-electron chi connectivity index (χ3n) is 4.23. The molecule has 1 heterocycles. The quantitative estimate of drug-likeness (QED) is 0.679. The van der Waals surface area contributed by atoms with E-state index in [4.69, 9.17) is 4.74 Å². The van der Waals surface area contributed by atoms with Gasteiger partial charge < -0.3 is 20.5 Å². The van der Waals surface area contributed by atoms with E-state index in [-0.39, 0.29) is 23.2 Å². The van der Waals surface area contributed by atoms with Gasteiger partial charge in [0, 0.05) is 0 Å². The van der Waals surface area contributed by atoms with E-state index in [1.165, 1.54) is 0 Å². The first-order chi connectivity index (χ1) is 11.5. The van der Waals surface area contributed by atoms with Crippen LogP contribution in [0.15, 0.2) is 41.9 Å². The fourth-order valence-corrected chi connectivity index (χ4v) is 3.00. The molecule has 1 aliphatic heterocycles. The summed E-state index contributed by atoms with van der Waals surface area (Å²) in [5.74, 6) is -0.196. The van der Waals surface area contributed by atoms with Crippen molar-refractivity contribution >= 4 is 11.9 Å². The number of hydrogen-bond acceptors (Lipinski definition) is 4. The fraction of sp³-hybridized carbons (Fsp3) is 0.294. The number of carbonyl (C=O) groups is 2. The highest BCUT2D eigenvalue weighted by molar-refractivity contribution is 6.00. The number of rotatable bonds is 3. The van der Waals surface area contributed by atoms with Crippen molar-refractivity contribution in [2.24, 2.45) is 0 Å². The highest BCUT2D eigenvalue weighted by Crippen LogP contribution is 2.32. The highest BCUT2D eigenvalue weighted by Gasteiger charge is 2.29. The smallest absolute Gasteiger partial charge is 0.324 e. The first kappa shape index (κ1) is 15.9. The van der Waals surface area contributed by atoms with E-state index in [1.807, 2.05) is 18.2 Å². The van der Waals surface area contributed by atoms with Crippen molar-refractivity contribution in [3.8, 4) is 5.75 Å². The molecule has 1 aromatic rings. The fourth-order valence-electron chi connectivity index (χ4n) is 3.00. The van der Waals surface area contributed by atoms with Gasteiger partial charge in [-0.2, -0.15) is 0 Å². The molecule has 4 N–H and O–H groups in total. The van der Waals surface area contributed by atoms with E-state index in [9.17, 15) is 14.7 Å². The summed E-state index contributed by atoms with van der Waals surface area (Å²) in [5.41, 5.74) is 1.95. The van der Waals surface area contributed by atoms with Crippen LogP contribution >= 0.6 is 0 Å². The Morgan fingerprint density at radius 2 is 2.21 bits per heavy atom. The molecule has 1 atom stereocenters. The van der Waals surface area contributed by atoms with Crippen molar-refractivity contribution < 1.29 is 19.4 Å². The Kier molecular flexibility index (Phi) is 4.16. The minimum atomic E-state index is -0.603. The summed E-state index contributed by atoms with van der Waals surface area (Å²) in [7, 11) is 1.59. The van der Waals surface area contributed by atoms with Crippen molar-refractivity contribution in [3.05, 3.63) is 53.1 Å². The van der Waals surface area contributed by atoms with Crippen LogP contribution in [0.3, 0.4) is 0 Å². The number of urea groups is 1. The predicted octanol–water partition coefficient (Wildman–Crippen LogP) is 1.78. The van der Waals surface area contributed by atoms with Gasteiger partial charge in [0.1, 0.15) is 5.75 Å². The first-order valence-electron chi connectivity index (χ1n) is 7.67. The third-order valence-corrected chi connectivity index (χ3v) is 4.23. The zero-order chi connectivity index (χ0) is 17.3. The predicted molar refractivity (Wildman–Crippen MR) is 87.3 cm³/mol. The number of benzene rings is 1. The van der Waals surface area contributed by atoms with Crippen LogP contribution in [-0.2, 0) is 11.2 Å². The van der Waals surface area contributed by atoms with Crippen molar-refractivity contribution in [3.63, 3.8) is 0 Å². The monoisotopic (exact) mass is 329 g/mol. The van der Waals surface area contributed by atoms with Crippen molar-refractivity contribution in [2.75, 3.05) is 7.11 Å². The summed E-state index contributed by atoms with van der Waals surface area (Å²) in [6.45, 7) is 3.51. The molecule has 0 bridgehead atoms. The van der Waals surface area contributed by atoms with Crippen LogP contribution in [-0.4, -0.2) is 24.2 Å². The lowest BCUT2D eigenvalue weighted by Crippen LogP contribution is -2.46. The molecule has 3 rings (SSSR count). The number of methoxy groups -OCH3 is 1. The molecule has 126 valence electrons. The average Bonchev–Trinajstić information content (AvgIpc) is 2.57. The van der Waals surface area contributed by atoms with Gasteiger partial charge in [-0.15, -0.1) is 0 Å². The molecule has 2 aliphatic rings. The summed E-state index contributed by atoms with van der Waals surface area (Å²) in [6.07, 6.45) is 2.65. The number of aryl methyl sites for hydroxylation is 1. The largest absolute Gasteiger partial charge is 0.504 e. The standard InChI is InChI=1S/C17H19N3O4/c1-9-15(21)14(20-17(23)18-9)16(22)19-13-5-3-4-10-6-7-11(24-2)8-12(10)13/h6-8,13,21H,1,3-5H2,2H3,(H,19,22)(H2,18,20,23)/t13-/m1/s1. The third kappa shape index (κ3) is 2.92. The van der Waals surface area contributed by atoms with E-state index < -0.39 is 11.9 Å². The van der Waals surface area contributed by atoms with Crippen LogP contribution in [0.25, 0.3) is 0 Å². The lowest BCUT2D eigenvalue weighted by Gasteiger charge is -2.28. The minimum Gasteiger partial charge on any atom is -0.504 e. The second-order valence-electron chi connectivity index (χ2n) is 5.76. The maximum absolute atomic E-state index is 12.5. The molecule has 0 fully saturated rings. The Labute approximate surface area is 139 Å². The van der Waals surface area contributed by atoms with Crippen LogP contribution in [0.5, 0.6) is 5.75 Å². The maximum atomic E-state index is 12.5. The van der Waals surface area contributed by atoms with Gasteiger partial charge >= 0.3 is 6.03 Å². The lowest BCUT2D eigenvalue weighted by atomic mass is 9.87. The number of aliphatic hydroxyl groups excluding tert-OH is 1. The molecule has 0 saturated heterocycles. The topological polar surface area (TPSA) is 99.7 Å². The Morgan fingerprint density at radius 3 is 2.96 bits per heavy atom. The summed E-state index contributed by atoms with van der Waals surface area (Å²) in [5, 5.41) is 17.4. The molecule has 24 heavy (non-hydrogen) atoms. The number of ether oxygens (including phenoxy) is 1. The Balaban J connectivity index is 1.85. The summed E-state index contributed by atoms with van der Waals surface area (Å²) in [6, 6.07) is 4.99. The molecule has 0 unspecified atom stereocenters. The average molecular weight is 329 g/mol. The zero-order valence-corrected chi connectivity index (χ0v) is 13.3. The summed E-state index contributed by atoms with van der Waals surface area (Å²) < 4.78 is 5.26. The molecule has 0 radical (unpaired) electrons. The molecule has 0 saturated carbocycles. The van der Waals surface area contributed by atoms with Gasteiger partial charge in [0.25, 0.3) is 5.91 Å². The van der Waals surface area contributed by atoms with Gasteiger partial charge in [0.15, 0.2) is 11.5 Å². The molecule has 0 spiro atoms. The molecule has 1 aliphatic carbocycles. The second-order valence-corrected chi connectivity index (χ2v) is 5.76. The van der Waals surface area contributed by atoms with E-state index in [2.05, 4.69) is 22.5 Å². The number of aliphatic hydroxyl groups is 1. The van der Waals surface area contributed by atoms with E-state index in [0.717, 1.165) is 36.1 Å². The second kappa shape index (κ2) is 6.27. The maximum Gasteiger partial charge on any atom is 0.324 e. The molecule has 1 aromatic carbocycles. The summed E-state index contributed by atoms with van der Waals surface area (Å²) >= 11 is 0. The first-order valence-corrected chi connectivity index (χ1v) is 7.67. The Hall–Kier alpha value is -2.96. The summed E-state index contributed by atoms with van der Waals surface area (Å²) in [4.78, 5) is 24.0. The normalized spacial score (nSPS) is 20.0. The van der Waals surface area contributed by atoms with Crippen molar-refractivity contribution in [1.82, 2.24) is 16.0 Å². The number of amides is 3. The number of nitrogens with one attached hydrogen (secondary N) is 3. The van der Waals surface area contributed by atoms with E-state index in [0.29, 0.717) is 0 Å². The highest BCUT2D eigenvalue weighted by atomic mass is 16.5. The van der Waals surface area contributed by atoms with Crippen LogP contribution in [0.4, 0.5) is 4.79 Å². The number of hydrogen-bond donors (Lipinski definition) is 4. The van der Waals surface area contributed by atoms with Crippen LogP contribution in [0.1, 0.15) is 30.0 Å². The molecular weight excluding hydrogens is 310 g/mol. The van der Waals surface area contributed by atoms with Crippen LogP contribution in [0, 0.1) is 0 Å². The molecule has 7 heteroatoms. The molecular formula is C17H19N3O4. The van der Waals surface area contributed by atoms with Gasteiger partial charge in [-0.1, -0.05) is 12.6 Å². The number of carbonyl (C=O) groups excluding carboxylic acids is 2. The SMILES string of the molecule is C=C1NC(=O)NC(C(=O)N[C@@H]2CCCc3ccc(OC)cc32)=C1O. The van der Waals surface area contributed by atoms with Gasteiger partial charge in [-0.25, -0.2) is 4.79 Å². The number of fused-ring (bicyclic) bond motifs is 1. The molecule has 3 amide bonds. The van der Waals surface area contributed by atoms with E-state index in [1.54, 1.807) is 7.11 Å². The van der Waals surface area contributed by atoms with Gasteiger partial charge in [0.2, 0.25) is 0 Å². The van der Waals surface area contributed by atoms with Crippen LogP contribution < -0.4 is 20.7 Å². The molecule has 7 nitrogen and oxygen atoms in total. The van der Waals surface area contributed by atoms with Gasteiger partial charge in [-0.05, 0) is 42.5 Å². The van der Waals surface area contributed by atoms with Gasteiger partial charge in [0.05, 0.1) is 18.8 Å². The molecule has 0 aromatic heterocycles.